The van der Waals surface area contributed by atoms with E-state index < -0.39 is 10.1 Å². The lowest BCUT2D eigenvalue weighted by Gasteiger charge is -2.08. The first-order chi connectivity index (χ1) is 3.61. The molecule has 1 aliphatic carbocycles. The van der Waals surface area contributed by atoms with Crippen LogP contribution >= 0.6 is 0 Å². The number of rotatable bonds is 1. The number of allylic oxidation sites excluding steroid dienone is 2. The normalized spacial score (nSPS) is 19.4. The van der Waals surface area contributed by atoms with Gasteiger partial charge < -0.3 is 0 Å². The van der Waals surface area contributed by atoms with Crippen LogP contribution < -0.4 is 0 Å². The summed E-state index contributed by atoms with van der Waals surface area (Å²) in [5, 5.41) is 0. The van der Waals surface area contributed by atoms with Gasteiger partial charge >= 0.3 is 0 Å². The molecule has 0 amide bonds. The maximum atomic E-state index is 10.1. The summed E-state index contributed by atoms with van der Waals surface area (Å²) in [6.07, 6.45) is 2.78. The average Bonchev–Trinajstić information content (AvgIpc) is 1.16. The minimum absolute atomic E-state index is 0.164. The van der Waals surface area contributed by atoms with Gasteiger partial charge in [0.2, 0.25) is 0 Å². The highest BCUT2D eigenvalue weighted by molar-refractivity contribution is 7.89. The van der Waals surface area contributed by atoms with Crippen molar-refractivity contribution in [1.82, 2.24) is 0 Å². The van der Waals surface area contributed by atoms with Gasteiger partial charge in [0.05, 0.1) is 4.91 Å². The molecule has 0 saturated carbocycles. The molecule has 0 aliphatic heterocycles. The molecule has 0 radical (unpaired) electrons. The van der Waals surface area contributed by atoms with E-state index in [4.69, 9.17) is 4.55 Å². The van der Waals surface area contributed by atoms with Crippen molar-refractivity contribution in [3.05, 3.63) is 11.0 Å². The fourth-order valence-electron chi connectivity index (χ4n) is 0.496. The zero-order valence-electron chi connectivity index (χ0n) is 4.16. The van der Waals surface area contributed by atoms with E-state index in [2.05, 4.69) is 0 Å². The predicted molar refractivity (Wildman–Crippen MR) is 28.9 cm³/mol. The lowest BCUT2D eigenvalue weighted by atomic mass is 10.1. The van der Waals surface area contributed by atoms with Crippen molar-refractivity contribution in [3.63, 3.8) is 0 Å². The Morgan fingerprint density at radius 2 is 2.12 bits per heavy atom. The van der Waals surface area contributed by atoms with E-state index in [1.54, 1.807) is 0 Å². The molecule has 1 aliphatic rings. The Bertz CT molecular complexity index is 211. The van der Waals surface area contributed by atoms with Gasteiger partial charge in [0.15, 0.2) is 0 Å². The summed E-state index contributed by atoms with van der Waals surface area (Å²) in [6.45, 7) is 0. The van der Waals surface area contributed by atoms with E-state index in [-0.39, 0.29) is 4.91 Å². The van der Waals surface area contributed by atoms with E-state index in [0.29, 0.717) is 6.42 Å². The third-order valence-corrected chi connectivity index (χ3v) is 2.13. The SMILES string of the molecule is O=S(=O)(O)C1=CCC1. The highest BCUT2D eigenvalue weighted by atomic mass is 32.2. The number of hydrogen-bond donors (Lipinski definition) is 1. The Hall–Kier alpha value is -0.350. The molecule has 4 heteroatoms. The highest BCUT2D eigenvalue weighted by Gasteiger charge is 2.17. The molecule has 1 rings (SSSR count). The minimum Gasteiger partial charge on any atom is -0.282 e. The second-order valence-electron chi connectivity index (χ2n) is 1.68. The van der Waals surface area contributed by atoms with E-state index >= 15 is 0 Å². The van der Waals surface area contributed by atoms with Crippen molar-refractivity contribution < 1.29 is 13.0 Å². The Morgan fingerprint density at radius 1 is 1.62 bits per heavy atom. The smallest absolute Gasteiger partial charge is 0.282 e. The van der Waals surface area contributed by atoms with Gasteiger partial charge in [-0.15, -0.1) is 0 Å². The average molecular weight is 134 g/mol. The molecule has 0 aromatic rings. The molecule has 3 nitrogen and oxygen atoms in total. The molecule has 0 atom stereocenters. The topological polar surface area (TPSA) is 54.4 Å². The lowest BCUT2D eigenvalue weighted by molar-refractivity contribution is 0.486. The van der Waals surface area contributed by atoms with E-state index in [0.717, 1.165) is 6.42 Å². The van der Waals surface area contributed by atoms with Crippen molar-refractivity contribution in [2.75, 3.05) is 0 Å². The first-order valence-corrected chi connectivity index (χ1v) is 3.71. The monoisotopic (exact) mass is 134 g/mol. The van der Waals surface area contributed by atoms with E-state index in [1.807, 2.05) is 0 Å². The molecule has 0 unspecified atom stereocenters. The van der Waals surface area contributed by atoms with E-state index in [1.165, 1.54) is 6.08 Å². The van der Waals surface area contributed by atoms with Crippen LogP contribution in [0.1, 0.15) is 12.8 Å². The maximum absolute atomic E-state index is 10.1. The summed E-state index contributed by atoms with van der Waals surface area (Å²) in [5.41, 5.74) is 0. The zero-order chi connectivity index (χ0) is 6.20. The summed E-state index contributed by atoms with van der Waals surface area (Å²) >= 11 is 0. The second-order valence-corrected chi connectivity index (χ2v) is 3.16. The van der Waals surface area contributed by atoms with Crippen LogP contribution in [0, 0.1) is 0 Å². The van der Waals surface area contributed by atoms with Crippen LogP contribution in [0.4, 0.5) is 0 Å². The van der Waals surface area contributed by atoms with Crippen LogP contribution in [0.15, 0.2) is 11.0 Å². The van der Waals surface area contributed by atoms with Gasteiger partial charge in [0, 0.05) is 0 Å². The maximum Gasteiger partial charge on any atom is 0.290 e. The molecule has 46 valence electrons. The van der Waals surface area contributed by atoms with Gasteiger partial charge in [0.1, 0.15) is 0 Å². The summed E-state index contributed by atoms with van der Waals surface area (Å²) in [5.74, 6) is 0. The summed E-state index contributed by atoms with van der Waals surface area (Å²) < 4.78 is 28.4. The quantitative estimate of drug-likeness (QED) is 0.533. The summed E-state index contributed by atoms with van der Waals surface area (Å²) in [7, 11) is -3.80. The summed E-state index contributed by atoms with van der Waals surface area (Å²) in [6, 6.07) is 0. The van der Waals surface area contributed by atoms with Crippen LogP contribution in [0.3, 0.4) is 0 Å². The van der Waals surface area contributed by atoms with Crippen LogP contribution in [0.5, 0.6) is 0 Å². The summed E-state index contributed by atoms with van der Waals surface area (Å²) in [4.78, 5) is 0.164. The van der Waals surface area contributed by atoms with Gasteiger partial charge in [0.25, 0.3) is 10.1 Å². The Balaban J connectivity index is 2.91. The molecule has 0 saturated heterocycles. The minimum atomic E-state index is -3.80. The molecular formula is C4H6O3S. The van der Waals surface area contributed by atoms with Crippen LogP contribution in [0.2, 0.25) is 0 Å². The first kappa shape index (κ1) is 5.78. The fourth-order valence-corrected chi connectivity index (χ4v) is 1.20. The van der Waals surface area contributed by atoms with Crippen molar-refractivity contribution in [1.29, 1.82) is 0 Å². The molecular weight excluding hydrogens is 128 g/mol. The molecule has 0 aromatic heterocycles. The van der Waals surface area contributed by atoms with Crippen LogP contribution in [-0.4, -0.2) is 13.0 Å². The van der Waals surface area contributed by atoms with Gasteiger partial charge in [-0.1, -0.05) is 6.08 Å². The molecule has 1 N–H and O–H groups in total. The molecule has 0 fully saturated rings. The zero-order valence-corrected chi connectivity index (χ0v) is 4.98. The molecule has 0 heterocycles. The Labute approximate surface area is 47.8 Å². The van der Waals surface area contributed by atoms with Gasteiger partial charge in [-0.05, 0) is 12.8 Å². The molecule has 8 heavy (non-hydrogen) atoms. The van der Waals surface area contributed by atoms with Crippen molar-refractivity contribution in [3.8, 4) is 0 Å². The van der Waals surface area contributed by atoms with Crippen molar-refractivity contribution >= 4 is 10.1 Å². The van der Waals surface area contributed by atoms with Crippen molar-refractivity contribution in [2.24, 2.45) is 0 Å². The molecule has 0 spiro atoms. The largest absolute Gasteiger partial charge is 0.290 e. The van der Waals surface area contributed by atoms with Crippen LogP contribution in [0.25, 0.3) is 0 Å². The molecule has 0 bridgehead atoms. The number of hydrogen-bond acceptors (Lipinski definition) is 2. The van der Waals surface area contributed by atoms with Gasteiger partial charge in [-0.3, -0.25) is 4.55 Å². The highest BCUT2D eigenvalue weighted by Crippen LogP contribution is 2.21. The van der Waals surface area contributed by atoms with Crippen LogP contribution in [-0.2, 0) is 10.1 Å². The second kappa shape index (κ2) is 1.56. The third kappa shape index (κ3) is 0.900. The predicted octanol–water partition coefficient (Wildman–Crippen LogP) is 0.552. The Kier molecular flexibility index (Phi) is 1.13. The van der Waals surface area contributed by atoms with Crippen molar-refractivity contribution in [2.45, 2.75) is 12.8 Å². The standard InChI is InChI=1S/C4H6O3S/c5-8(6,7)4-2-1-3-4/h2H,1,3H2,(H,5,6,7). The third-order valence-electron chi connectivity index (χ3n) is 1.09. The fraction of sp³-hybridized carbons (Fsp3) is 0.500. The first-order valence-electron chi connectivity index (χ1n) is 2.27. The molecule has 0 aromatic carbocycles. The van der Waals surface area contributed by atoms with E-state index in [9.17, 15) is 8.42 Å². The lowest BCUT2D eigenvalue weighted by Crippen LogP contribution is -2.06. The van der Waals surface area contributed by atoms with Gasteiger partial charge in [-0.2, -0.15) is 8.42 Å². The Morgan fingerprint density at radius 3 is 2.12 bits per heavy atom. The van der Waals surface area contributed by atoms with Gasteiger partial charge in [-0.25, -0.2) is 0 Å².